The number of hydrogen-bond donors (Lipinski definition) is 3. The number of aliphatic hydroxyl groups is 1. The molecule has 0 aliphatic heterocycles. The molecule has 7 heteroatoms. The van der Waals surface area contributed by atoms with Gasteiger partial charge in [0.25, 0.3) is 5.91 Å². The van der Waals surface area contributed by atoms with Crippen molar-refractivity contribution in [1.82, 2.24) is 10.0 Å². The Hall–Kier alpha value is -1.44. The Morgan fingerprint density at radius 2 is 1.76 bits per heavy atom. The molecule has 1 aromatic carbocycles. The Bertz CT molecular complexity index is 569. The number of hydrogen-bond acceptors (Lipinski definition) is 4. The number of carbonyl (C=O) groups is 1. The topological polar surface area (TPSA) is 95.5 Å². The molecule has 118 valence electrons. The third kappa shape index (κ3) is 5.11. The Labute approximate surface area is 125 Å². The molecule has 0 heterocycles. The van der Waals surface area contributed by atoms with E-state index in [0.717, 1.165) is 0 Å². The number of aliphatic hydroxyl groups excluding tert-OH is 1. The molecule has 0 fully saturated rings. The SMILES string of the molecule is CCC(C)NS(=O)(=O)c1ccc(C(=O)NC(C)CO)cc1. The molecule has 21 heavy (non-hydrogen) atoms. The largest absolute Gasteiger partial charge is 0.394 e. The molecule has 1 rings (SSSR count). The minimum Gasteiger partial charge on any atom is -0.394 e. The van der Waals surface area contributed by atoms with Gasteiger partial charge in [0.15, 0.2) is 0 Å². The second-order valence-electron chi connectivity index (χ2n) is 5.01. The molecule has 2 atom stereocenters. The first-order chi connectivity index (χ1) is 9.80. The van der Waals surface area contributed by atoms with Crippen molar-refractivity contribution in [3.8, 4) is 0 Å². The number of benzene rings is 1. The summed E-state index contributed by atoms with van der Waals surface area (Å²) >= 11 is 0. The van der Waals surface area contributed by atoms with Crippen molar-refractivity contribution in [1.29, 1.82) is 0 Å². The molecule has 0 radical (unpaired) electrons. The molecule has 1 amide bonds. The third-order valence-electron chi connectivity index (χ3n) is 3.05. The molecular formula is C14H22N2O4S. The van der Waals surface area contributed by atoms with E-state index in [9.17, 15) is 13.2 Å². The molecule has 0 bridgehead atoms. The van der Waals surface area contributed by atoms with E-state index in [4.69, 9.17) is 5.11 Å². The summed E-state index contributed by atoms with van der Waals surface area (Å²) in [5, 5.41) is 11.5. The lowest BCUT2D eigenvalue weighted by Gasteiger charge is -2.13. The van der Waals surface area contributed by atoms with Gasteiger partial charge < -0.3 is 10.4 Å². The fraction of sp³-hybridized carbons (Fsp3) is 0.500. The van der Waals surface area contributed by atoms with Crippen LogP contribution in [0.2, 0.25) is 0 Å². The van der Waals surface area contributed by atoms with Crippen molar-refractivity contribution in [3.63, 3.8) is 0 Å². The first-order valence-electron chi connectivity index (χ1n) is 6.84. The lowest BCUT2D eigenvalue weighted by molar-refractivity contribution is 0.0922. The van der Waals surface area contributed by atoms with Crippen LogP contribution < -0.4 is 10.0 Å². The molecule has 0 aromatic heterocycles. The molecule has 0 aliphatic carbocycles. The summed E-state index contributed by atoms with van der Waals surface area (Å²) in [5.41, 5.74) is 0.345. The zero-order valence-corrected chi connectivity index (χ0v) is 13.3. The first-order valence-corrected chi connectivity index (χ1v) is 8.32. The minimum absolute atomic E-state index is 0.120. The fourth-order valence-corrected chi connectivity index (χ4v) is 2.88. The van der Waals surface area contributed by atoms with Crippen molar-refractivity contribution in [2.24, 2.45) is 0 Å². The molecule has 0 spiro atoms. The molecule has 3 N–H and O–H groups in total. The number of sulfonamides is 1. The van der Waals surface area contributed by atoms with E-state index in [2.05, 4.69) is 10.0 Å². The highest BCUT2D eigenvalue weighted by molar-refractivity contribution is 7.89. The summed E-state index contributed by atoms with van der Waals surface area (Å²) in [6.07, 6.45) is 0.693. The molecule has 1 aromatic rings. The number of carbonyl (C=O) groups excluding carboxylic acids is 1. The zero-order chi connectivity index (χ0) is 16.0. The predicted molar refractivity (Wildman–Crippen MR) is 80.5 cm³/mol. The van der Waals surface area contributed by atoms with E-state index in [-0.39, 0.29) is 29.5 Å². The highest BCUT2D eigenvalue weighted by atomic mass is 32.2. The van der Waals surface area contributed by atoms with Crippen LogP contribution in [0.4, 0.5) is 0 Å². The second-order valence-corrected chi connectivity index (χ2v) is 6.73. The molecule has 0 saturated carbocycles. The van der Waals surface area contributed by atoms with Crippen LogP contribution in [0.3, 0.4) is 0 Å². The van der Waals surface area contributed by atoms with Crippen LogP contribution in [0.1, 0.15) is 37.6 Å². The van der Waals surface area contributed by atoms with Gasteiger partial charge in [-0.1, -0.05) is 6.92 Å². The Balaban J connectivity index is 2.85. The smallest absolute Gasteiger partial charge is 0.251 e. The van der Waals surface area contributed by atoms with Crippen molar-refractivity contribution in [2.75, 3.05) is 6.61 Å². The van der Waals surface area contributed by atoms with Crippen LogP contribution in [0.15, 0.2) is 29.2 Å². The van der Waals surface area contributed by atoms with Gasteiger partial charge >= 0.3 is 0 Å². The van der Waals surface area contributed by atoms with Gasteiger partial charge in [0, 0.05) is 17.6 Å². The highest BCUT2D eigenvalue weighted by Gasteiger charge is 2.17. The highest BCUT2D eigenvalue weighted by Crippen LogP contribution is 2.12. The number of rotatable bonds is 7. The minimum atomic E-state index is -3.56. The summed E-state index contributed by atoms with van der Waals surface area (Å²) in [6.45, 7) is 5.20. The van der Waals surface area contributed by atoms with Crippen LogP contribution in [0.5, 0.6) is 0 Å². The van der Waals surface area contributed by atoms with Crippen molar-refractivity contribution < 1.29 is 18.3 Å². The van der Waals surface area contributed by atoms with Crippen molar-refractivity contribution in [3.05, 3.63) is 29.8 Å². The maximum atomic E-state index is 12.1. The van der Waals surface area contributed by atoms with Gasteiger partial charge in [-0.05, 0) is 44.5 Å². The van der Waals surface area contributed by atoms with Gasteiger partial charge in [-0.3, -0.25) is 4.79 Å². The van der Waals surface area contributed by atoms with Crippen LogP contribution in [-0.4, -0.2) is 38.1 Å². The molecule has 0 saturated heterocycles. The third-order valence-corrected chi connectivity index (χ3v) is 4.65. The monoisotopic (exact) mass is 314 g/mol. The first kappa shape index (κ1) is 17.6. The van der Waals surface area contributed by atoms with Gasteiger partial charge in [-0.2, -0.15) is 0 Å². The van der Waals surface area contributed by atoms with E-state index >= 15 is 0 Å². The summed E-state index contributed by atoms with van der Waals surface area (Å²) in [6, 6.07) is 5.18. The zero-order valence-electron chi connectivity index (χ0n) is 12.5. The standard InChI is InChI=1S/C14H22N2O4S/c1-4-10(2)16-21(19,20)13-7-5-12(6-8-13)14(18)15-11(3)9-17/h5-8,10-11,16-17H,4,9H2,1-3H3,(H,15,18). The van der Waals surface area contributed by atoms with E-state index in [1.54, 1.807) is 13.8 Å². The molecule has 2 unspecified atom stereocenters. The van der Waals surface area contributed by atoms with E-state index in [1.165, 1.54) is 24.3 Å². The summed E-state index contributed by atoms with van der Waals surface area (Å²) in [7, 11) is -3.56. The van der Waals surface area contributed by atoms with Crippen LogP contribution >= 0.6 is 0 Å². The van der Waals surface area contributed by atoms with Crippen LogP contribution in [0, 0.1) is 0 Å². The van der Waals surface area contributed by atoms with Crippen LogP contribution in [-0.2, 0) is 10.0 Å². The summed E-state index contributed by atoms with van der Waals surface area (Å²) in [4.78, 5) is 11.9. The Kier molecular flexibility index (Phi) is 6.32. The lowest BCUT2D eigenvalue weighted by Crippen LogP contribution is -2.35. The van der Waals surface area contributed by atoms with Gasteiger partial charge in [-0.15, -0.1) is 0 Å². The maximum absolute atomic E-state index is 12.1. The lowest BCUT2D eigenvalue weighted by atomic mass is 10.2. The normalized spacial score (nSPS) is 14.5. The number of nitrogens with one attached hydrogen (secondary N) is 2. The average molecular weight is 314 g/mol. The van der Waals surface area contributed by atoms with Crippen molar-refractivity contribution in [2.45, 2.75) is 44.2 Å². The van der Waals surface area contributed by atoms with Gasteiger partial charge in [-0.25, -0.2) is 13.1 Å². The Morgan fingerprint density at radius 1 is 1.19 bits per heavy atom. The Morgan fingerprint density at radius 3 is 2.24 bits per heavy atom. The van der Waals surface area contributed by atoms with E-state index < -0.39 is 10.0 Å². The maximum Gasteiger partial charge on any atom is 0.251 e. The molecule has 0 aliphatic rings. The summed E-state index contributed by atoms with van der Waals surface area (Å²) in [5.74, 6) is -0.351. The predicted octanol–water partition coefficient (Wildman–Crippen LogP) is 0.874. The van der Waals surface area contributed by atoms with Gasteiger partial charge in [0.2, 0.25) is 10.0 Å². The molecular weight excluding hydrogens is 292 g/mol. The summed E-state index contributed by atoms with van der Waals surface area (Å²) < 4.78 is 26.7. The average Bonchev–Trinajstić information content (AvgIpc) is 2.46. The quantitative estimate of drug-likeness (QED) is 0.696. The van der Waals surface area contributed by atoms with E-state index in [0.29, 0.717) is 12.0 Å². The molecule has 6 nitrogen and oxygen atoms in total. The number of amides is 1. The van der Waals surface area contributed by atoms with Crippen LogP contribution in [0.25, 0.3) is 0 Å². The van der Waals surface area contributed by atoms with Crippen molar-refractivity contribution >= 4 is 15.9 Å². The fourth-order valence-electron chi connectivity index (χ4n) is 1.55. The van der Waals surface area contributed by atoms with Gasteiger partial charge in [0.05, 0.1) is 11.5 Å². The van der Waals surface area contributed by atoms with Gasteiger partial charge in [0.1, 0.15) is 0 Å². The van der Waals surface area contributed by atoms with E-state index in [1.807, 2.05) is 6.92 Å². The second kappa shape index (κ2) is 7.53.